The van der Waals surface area contributed by atoms with E-state index in [0.29, 0.717) is 12.0 Å². The first-order valence-electron chi connectivity index (χ1n) is 6.58. The lowest BCUT2D eigenvalue weighted by molar-refractivity contribution is 0.479. The summed E-state index contributed by atoms with van der Waals surface area (Å²) in [7, 11) is 0. The van der Waals surface area contributed by atoms with Crippen molar-refractivity contribution in [3.05, 3.63) is 5.82 Å². The fourth-order valence-electron chi connectivity index (χ4n) is 2.11. The Bertz CT molecular complexity index is 348. The summed E-state index contributed by atoms with van der Waals surface area (Å²) in [6, 6.07) is 0.514. The molecule has 0 bridgehead atoms. The van der Waals surface area contributed by atoms with Gasteiger partial charge >= 0.3 is 0 Å². The van der Waals surface area contributed by atoms with Gasteiger partial charge in [-0.15, -0.1) is 5.10 Å². The van der Waals surface area contributed by atoms with Crippen molar-refractivity contribution in [2.45, 2.75) is 39.7 Å². The molecule has 0 amide bonds. The third kappa shape index (κ3) is 3.19. The number of piperazine rings is 1. The molecule has 1 unspecified atom stereocenters. The quantitative estimate of drug-likeness (QED) is 0.826. The summed E-state index contributed by atoms with van der Waals surface area (Å²) in [5.41, 5.74) is 0. The molecule has 96 valence electrons. The monoisotopic (exact) mass is 237 g/mol. The highest BCUT2D eigenvalue weighted by atomic mass is 15.4. The molecule has 17 heavy (non-hydrogen) atoms. The Kier molecular flexibility index (Phi) is 3.99. The molecular weight excluding hydrogens is 214 g/mol. The van der Waals surface area contributed by atoms with E-state index in [1.165, 1.54) is 6.42 Å². The molecule has 0 aliphatic carbocycles. The number of nitrogens with zero attached hydrogens (tertiary/aromatic N) is 3. The molecule has 5 heteroatoms. The van der Waals surface area contributed by atoms with E-state index in [1.807, 2.05) is 0 Å². The van der Waals surface area contributed by atoms with Crippen molar-refractivity contribution >= 4 is 5.95 Å². The van der Waals surface area contributed by atoms with Crippen LogP contribution in [0.15, 0.2) is 0 Å². The van der Waals surface area contributed by atoms with Crippen LogP contribution in [0.1, 0.15) is 33.0 Å². The standard InChI is InChI=1S/C12H23N5/c1-4-9(2)7-11-14-12(16-15-11)17-6-5-13-10(3)8-17/h9-10,13H,4-8H2,1-3H3,(H,14,15,16)/t9?,10-/m1/s1. The molecule has 2 atom stereocenters. The highest BCUT2D eigenvalue weighted by Crippen LogP contribution is 2.13. The number of hydrogen-bond donors (Lipinski definition) is 2. The Morgan fingerprint density at radius 3 is 3.06 bits per heavy atom. The van der Waals surface area contributed by atoms with Gasteiger partial charge < -0.3 is 10.2 Å². The first-order chi connectivity index (χ1) is 8.19. The first-order valence-corrected chi connectivity index (χ1v) is 6.58. The normalized spacial score (nSPS) is 22.8. The van der Waals surface area contributed by atoms with Gasteiger partial charge in [-0.25, -0.2) is 0 Å². The van der Waals surface area contributed by atoms with Crippen LogP contribution >= 0.6 is 0 Å². The number of aromatic nitrogens is 3. The van der Waals surface area contributed by atoms with E-state index < -0.39 is 0 Å². The SMILES string of the molecule is CCC(C)Cc1nc(N2CCN[C@H](C)C2)n[nH]1. The van der Waals surface area contributed by atoms with Crippen molar-refractivity contribution in [3.8, 4) is 0 Å². The summed E-state index contributed by atoms with van der Waals surface area (Å²) in [5.74, 6) is 2.54. The number of hydrogen-bond acceptors (Lipinski definition) is 4. The van der Waals surface area contributed by atoms with Crippen LogP contribution in [0.2, 0.25) is 0 Å². The van der Waals surface area contributed by atoms with Gasteiger partial charge in [0.05, 0.1) is 0 Å². The number of aromatic amines is 1. The lowest BCUT2D eigenvalue weighted by Crippen LogP contribution is -2.49. The van der Waals surface area contributed by atoms with Gasteiger partial charge in [0.25, 0.3) is 0 Å². The molecule has 1 aliphatic heterocycles. The summed E-state index contributed by atoms with van der Waals surface area (Å²) in [5, 5.41) is 10.8. The van der Waals surface area contributed by atoms with E-state index >= 15 is 0 Å². The van der Waals surface area contributed by atoms with Crippen LogP contribution in [0, 0.1) is 5.92 Å². The minimum absolute atomic E-state index is 0.514. The van der Waals surface area contributed by atoms with E-state index in [9.17, 15) is 0 Å². The van der Waals surface area contributed by atoms with Gasteiger partial charge in [-0.1, -0.05) is 20.3 Å². The van der Waals surface area contributed by atoms with Crippen LogP contribution in [0.4, 0.5) is 5.95 Å². The largest absolute Gasteiger partial charge is 0.337 e. The van der Waals surface area contributed by atoms with Crippen LogP contribution < -0.4 is 10.2 Å². The maximum atomic E-state index is 4.59. The molecule has 0 spiro atoms. The van der Waals surface area contributed by atoms with Crippen LogP contribution in [-0.2, 0) is 6.42 Å². The number of nitrogens with one attached hydrogen (secondary N) is 2. The van der Waals surface area contributed by atoms with Crippen molar-refractivity contribution in [3.63, 3.8) is 0 Å². The number of rotatable bonds is 4. The molecule has 2 rings (SSSR count). The second-order valence-corrected chi connectivity index (χ2v) is 5.10. The lowest BCUT2D eigenvalue weighted by atomic mass is 10.1. The average molecular weight is 237 g/mol. The van der Waals surface area contributed by atoms with E-state index in [-0.39, 0.29) is 0 Å². The van der Waals surface area contributed by atoms with Gasteiger partial charge in [-0.05, 0) is 12.8 Å². The Labute approximate surface area is 103 Å². The third-order valence-corrected chi connectivity index (χ3v) is 3.41. The zero-order chi connectivity index (χ0) is 12.3. The maximum Gasteiger partial charge on any atom is 0.244 e. The van der Waals surface area contributed by atoms with Crippen molar-refractivity contribution in [1.29, 1.82) is 0 Å². The Balaban J connectivity index is 1.97. The molecule has 1 fully saturated rings. The van der Waals surface area contributed by atoms with Crippen LogP contribution in [-0.4, -0.2) is 40.9 Å². The second-order valence-electron chi connectivity index (χ2n) is 5.10. The highest BCUT2D eigenvalue weighted by molar-refractivity contribution is 5.30. The van der Waals surface area contributed by atoms with Crippen molar-refractivity contribution < 1.29 is 0 Å². The van der Waals surface area contributed by atoms with Gasteiger partial charge in [0.15, 0.2) is 0 Å². The van der Waals surface area contributed by atoms with Gasteiger partial charge in [0.2, 0.25) is 5.95 Å². The van der Waals surface area contributed by atoms with Crippen molar-refractivity contribution in [1.82, 2.24) is 20.5 Å². The molecule has 1 aromatic heterocycles. The molecule has 0 saturated carbocycles. The van der Waals surface area contributed by atoms with E-state index in [2.05, 4.69) is 46.2 Å². The molecule has 1 saturated heterocycles. The predicted molar refractivity (Wildman–Crippen MR) is 69.2 cm³/mol. The molecule has 2 heterocycles. The minimum atomic E-state index is 0.514. The summed E-state index contributed by atoms with van der Waals surface area (Å²) in [6.45, 7) is 9.63. The summed E-state index contributed by atoms with van der Waals surface area (Å²) in [6.07, 6.45) is 2.17. The van der Waals surface area contributed by atoms with Crippen LogP contribution in [0.25, 0.3) is 0 Å². The Hall–Kier alpha value is -1.10. The average Bonchev–Trinajstić information content (AvgIpc) is 2.77. The maximum absolute atomic E-state index is 4.59. The minimum Gasteiger partial charge on any atom is -0.337 e. The molecule has 0 radical (unpaired) electrons. The van der Waals surface area contributed by atoms with Gasteiger partial charge in [-0.2, -0.15) is 4.98 Å². The second kappa shape index (κ2) is 5.49. The Morgan fingerprint density at radius 2 is 2.35 bits per heavy atom. The smallest absolute Gasteiger partial charge is 0.244 e. The number of anilines is 1. The Morgan fingerprint density at radius 1 is 1.53 bits per heavy atom. The summed E-state index contributed by atoms with van der Waals surface area (Å²) >= 11 is 0. The summed E-state index contributed by atoms with van der Waals surface area (Å²) in [4.78, 5) is 6.84. The third-order valence-electron chi connectivity index (χ3n) is 3.41. The van der Waals surface area contributed by atoms with Crippen molar-refractivity contribution in [2.75, 3.05) is 24.5 Å². The fraction of sp³-hybridized carbons (Fsp3) is 0.833. The van der Waals surface area contributed by atoms with Gasteiger partial charge in [0, 0.05) is 32.1 Å². The zero-order valence-corrected chi connectivity index (χ0v) is 11.0. The van der Waals surface area contributed by atoms with Gasteiger partial charge in [-0.3, -0.25) is 5.10 Å². The predicted octanol–water partition coefficient (Wildman–Crippen LogP) is 1.19. The van der Waals surface area contributed by atoms with Crippen LogP contribution in [0.3, 0.4) is 0 Å². The van der Waals surface area contributed by atoms with Gasteiger partial charge in [0.1, 0.15) is 5.82 Å². The van der Waals surface area contributed by atoms with Crippen molar-refractivity contribution in [2.24, 2.45) is 5.92 Å². The summed E-state index contributed by atoms with van der Waals surface area (Å²) < 4.78 is 0. The van der Waals surface area contributed by atoms with Crippen LogP contribution in [0.5, 0.6) is 0 Å². The molecule has 1 aromatic rings. The molecule has 5 nitrogen and oxygen atoms in total. The molecule has 2 N–H and O–H groups in total. The number of H-pyrrole nitrogens is 1. The first kappa shape index (κ1) is 12.4. The fourth-order valence-corrected chi connectivity index (χ4v) is 2.11. The lowest BCUT2D eigenvalue weighted by Gasteiger charge is -2.30. The molecular formula is C12H23N5. The van der Waals surface area contributed by atoms with E-state index in [1.54, 1.807) is 0 Å². The van der Waals surface area contributed by atoms with E-state index in [4.69, 9.17) is 0 Å². The highest BCUT2D eigenvalue weighted by Gasteiger charge is 2.19. The topological polar surface area (TPSA) is 56.8 Å². The molecule has 0 aromatic carbocycles. The molecule has 1 aliphatic rings. The zero-order valence-electron chi connectivity index (χ0n) is 11.0. The van der Waals surface area contributed by atoms with E-state index in [0.717, 1.165) is 37.8 Å².